The minimum Gasteiger partial charge on any atom is -0.392 e. The molecule has 116 valence electrons. The summed E-state index contributed by atoms with van der Waals surface area (Å²) in [6.45, 7) is 0.360. The average Bonchev–Trinajstić information content (AvgIpc) is 2.53. The number of aliphatic hydroxyl groups excluding tert-OH is 1. The van der Waals surface area contributed by atoms with E-state index in [1.807, 2.05) is 0 Å². The molecule has 1 aromatic heterocycles. The van der Waals surface area contributed by atoms with Crippen molar-refractivity contribution in [1.29, 1.82) is 0 Å². The van der Waals surface area contributed by atoms with Crippen molar-refractivity contribution in [2.75, 3.05) is 11.9 Å². The van der Waals surface area contributed by atoms with Crippen LogP contribution in [0.3, 0.4) is 0 Å². The fourth-order valence-electron chi connectivity index (χ4n) is 1.72. The monoisotopic (exact) mass is 415 g/mol. The van der Waals surface area contributed by atoms with Gasteiger partial charge in [0.15, 0.2) is 0 Å². The standard InChI is InChI=1S/C15H15FIN3O2/c16-12-3-1-10(2-4-12)6-18-14(22)8-20-15-13(17)5-11(9-21)7-19-15/h1-5,7,21H,6,8-9H2,(H,18,22)(H,19,20). The highest BCUT2D eigenvalue weighted by atomic mass is 127. The Morgan fingerprint density at radius 2 is 2.00 bits per heavy atom. The first-order valence-corrected chi connectivity index (χ1v) is 7.66. The van der Waals surface area contributed by atoms with Crippen LogP contribution in [0.4, 0.5) is 10.2 Å². The number of anilines is 1. The van der Waals surface area contributed by atoms with E-state index in [9.17, 15) is 9.18 Å². The summed E-state index contributed by atoms with van der Waals surface area (Å²) >= 11 is 2.09. The van der Waals surface area contributed by atoms with E-state index in [0.717, 1.165) is 14.7 Å². The molecular formula is C15H15FIN3O2. The third-order valence-corrected chi connectivity index (χ3v) is 3.72. The van der Waals surface area contributed by atoms with E-state index in [1.165, 1.54) is 12.1 Å². The van der Waals surface area contributed by atoms with Crippen LogP contribution in [0.25, 0.3) is 0 Å². The maximum Gasteiger partial charge on any atom is 0.239 e. The molecule has 0 aliphatic carbocycles. The van der Waals surface area contributed by atoms with Gasteiger partial charge in [0.25, 0.3) is 0 Å². The molecule has 0 atom stereocenters. The third-order valence-electron chi connectivity index (χ3n) is 2.90. The van der Waals surface area contributed by atoms with Gasteiger partial charge in [0, 0.05) is 12.7 Å². The van der Waals surface area contributed by atoms with Crippen LogP contribution >= 0.6 is 22.6 Å². The zero-order valence-corrected chi connectivity index (χ0v) is 13.8. The number of nitrogens with zero attached hydrogens (tertiary/aromatic N) is 1. The van der Waals surface area contributed by atoms with Crippen LogP contribution in [0.2, 0.25) is 0 Å². The van der Waals surface area contributed by atoms with Crippen molar-refractivity contribution in [3.8, 4) is 0 Å². The Hall–Kier alpha value is -1.74. The first kappa shape index (κ1) is 16.6. The van der Waals surface area contributed by atoms with E-state index < -0.39 is 0 Å². The minimum absolute atomic E-state index is 0.0680. The minimum atomic E-state index is -0.302. The molecule has 5 nitrogen and oxygen atoms in total. The second kappa shape index (κ2) is 8.04. The summed E-state index contributed by atoms with van der Waals surface area (Å²) in [7, 11) is 0. The highest BCUT2D eigenvalue weighted by molar-refractivity contribution is 14.1. The lowest BCUT2D eigenvalue weighted by atomic mass is 10.2. The molecule has 22 heavy (non-hydrogen) atoms. The Labute approximate surface area is 141 Å². The lowest BCUT2D eigenvalue weighted by Crippen LogP contribution is -2.29. The van der Waals surface area contributed by atoms with Gasteiger partial charge in [-0.3, -0.25) is 4.79 Å². The van der Waals surface area contributed by atoms with E-state index in [2.05, 4.69) is 38.2 Å². The van der Waals surface area contributed by atoms with Gasteiger partial charge in [-0.2, -0.15) is 0 Å². The van der Waals surface area contributed by atoms with Crippen LogP contribution in [0.1, 0.15) is 11.1 Å². The molecule has 0 saturated carbocycles. The van der Waals surface area contributed by atoms with Gasteiger partial charge in [0.1, 0.15) is 11.6 Å². The van der Waals surface area contributed by atoms with Crippen molar-refractivity contribution in [1.82, 2.24) is 10.3 Å². The summed E-state index contributed by atoms with van der Waals surface area (Å²) < 4.78 is 13.6. The molecule has 2 aromatic rings. The lowest BCUT2D eigenvalue weighted by molar-refractivity contribution is -0.119. The number of hydrogen-bond donors (Lipinski definition) is 3. The number of aliphatic hydroxyl groups is 1. The van der Waals surface area contributed by atoms with Gasteiger partial charge in [0.2, 0.25) is 5.91 Å². The number of carbonyl (C=O) groups is 1. The topological polar surface area (TPSA) is 74.2 Å². The summed E-state index contributed by atoms with van der Waals surface area (Å²) in [5.74, 6) is 0.103. The highest BCUT2D eigenvalue weighted by Gasteiger charge is 2.06. The van der Waals surface area contributed by atoms with Crippen LogP contribution < -0.4 is 10.6 Å². The molecule has 0 unspecified atom stereocenters. The predicted molar refractivity (Wildman–Crippen MR) is 89.6 cm³/mol. The van der Waals surface area contributed by atoms with E-state index >= 15 is 0 Å². The van der Waals surface area contributed by atoms with Gasteiger partial charge in [0.05, 0.1) is 16.7 Å². The van der Waals surface area contributed by atoms with Crippen molar-refractivity contribution in [3.05, 3.63) is 57.0 Å². The number of halogens is 2. The van der Waals surface area contributed by atoms with Gasteiger partial charge in [-0.25, -0.2) is 9.37 Å². The molecule has 0 aliphatic heterocycles. The smallest absolute Gasteiger partial charge is 0.239 e. The van der Waals surface area contributed by atoms with Crippen LogP contribution in [0.15, 0.2) is 36.5 Å². The summed E-state index contributed by atoms with van der Waals surface area (Å²) in [5, 5.41) is 14.7. The van der Waals surface area contributed by atoms with Crippen molar-refractivity contribution >= 4 is 34.3 Å². The maximum atomic E-state index is 12.8. The van der Waals surface area contributed by atoms with Crippen molar-refractivity contribution in [3.63, 3.8) is 0 Å². The zero-order chi connectivity index (χ0) is 15.9. The molecule has 0 radical (unpaired) electrons. The molecule has 2 rings (SSSR count). The number of carbonyl (C=O) groups excluding carboxylic acids is 1. The van der Waals surface area contributed by atoms with Crippen LogP contribution in [0, 0.1) is 9.39 Å². The van der Waals surface area contributed by atoms with Crippen LogP contribution in [0.5, 0.6) is 0 Å². The van der Waals surface area contributed by atoms with E-state index in [-0.39, 0.29) is 24.9 Å². The molecule has 0 spiro atoms. The van der Waals surface area contributed by atoms with Gasteiger partial charge in [-0.1, -0.05) is 12.1 Å². The first-order chi connectivity index (χ1) is 10.6. The van der Waals surface area contributed by atoms with Crippen molar-refractivity contribution in [2.24, 2.45) is 0 Å². The first-order valence-electron chi connectivity index (χ1n) is 6.59. The lowest BCUT2D eigenvalue weighted by Gasteiger charge is -2.09. The maximum absolute atomic E-state index is 12.8. The van der Waals surface area contributed by atoms with Gasteiger partial charge >= 0.3 is 0 Å². The summed E-state index contributed by atoms with van der Waals surface area (Å²) in [4.78, 5) is 15.9. The molecule has 3 N–H and O–H groups in total. The Balaban J connectivity index is 1.81. The molecule has 0 bridgehead atoms. The summed E-state index contributed by atoms with van der Waals surface area (Å²) in [5.41, 5.74) is 1.55. The number of hydrogen-bond acceptors (Lipinski definition) is 4. The fraction of sp³-hybridized carbons (Fsp3) is 0.200. The largest absolute Gasteiger partial charge is 0.392 e. The van der Waals surface area contributed by atoms with E-state index in [4.69, 9.17) is 5.11 Å². The van der Waals surface area contributed by atoms with Gasteiger partial charge < -0.3 is 15.7 Å². The molecule has 1 aromatic carbocycles. The van der Waals surface area contributed by atoms with Gasteiger partial charge in [-0.05, 0) is 51.9 Å². The Kier molecular flexibility index (Phi) is 6.08. The number of pyridine rings is 1. The summed E-state index contributed by atoms with van der Waals surface area (Å²) in [6, 6.07) is 7.76. The second-order valence-electron chi connectivity index (χ2n) is 4.59. The Bertz CT molecular complexity index is 650. The van der Waals surface area contributed by atoms with Crippen molar-refractivity contribution in [2.45, 2.75) is 13.2 Å². The molecule has 0 fully saturated rings. The van der Waals surface area contributed by atoms with E-state index in [0.29, 0.717) is 12.4 Å². The SMILES string of the molecule is O=C(CNc1ncc(CO)cc1I)NCc1ccc(F)cc1. The average molecular weight is 415 g/mol. The fourth-order valence-corrected chi connectivity index (χ4v) is 2.45. The molecular weight excluding hydrogens is 400 g/mol. The predicted octanol–water partition coefficient (Wildman–Crippen LogP) is 2.05. The zero-order valence-electron chi connectivity index (χ0n) is 11.6. The summed E-state index contributed by atoms with van der Waals surface area (Å²) in [6.07, 6.45) is 1.56. The number of aromatic nitrogens is 1. The Morgan fingerprint density at radius 1 is 1.27 bits per heavy atom. The van der Waals surface area contributed by atoms with E-state index in [1.54, 1.807) is 24.4 Å². The molecule has 7 heteroatoms. The molecule has 1 heterocycles. The van der Waals surface area contributed by atoms with Gasteiger partial charge in [-0.15, -0.1) is 0 Å². The quantitative estimate of drug-likeness (QED) is 0.632. The number of benzene rings is 1. The second-order valence-corrected chi connectivity index (χ2v) is 5.75. The van der Waals surface area contributed by atoms with Crippen molar-refractivity contribution < 1.29 is 14.3 Å². The molecule has 0 saturated heterocycles. The number of rotatable bonds is 6. The molecule has 1 amide bonds. The third kappa shape index (κ3) is 4.92. The number of amides is 1. The van der Waals surface area contributed by atoms with Crippen LogP contribution in [-0.2, 0) is 17.9 Å². The Morgan fingerprint density at radius 3 is 2.64 bits per heavy atom. The van der Waals surface area contributed by atoms with Crippen LogP contribution in [-0.4, -0.2) is 22.5 Å². The normalized spacial score (nSPS) is 10.3. The highest BCUT2D eigenvalue weighted by Crippen LogP contribution is 2.16. The number of nitrogens with one attached hydrogen (secondary N) is 2. The molecule has 0 aliphatic rings.